The van der Waals surface area contributed by atoms with Crippen molar-refractivity contribution < 1.29 is 0 Å². The molecule has 2 aromatic rings. The van der Waals surface area contributed by atoms with E-state index in [2.05, 4.69) is 22.6 Å². The van der Waals surface area contributed by atoms with Crippen LogP contribution in [0.25, 0.3) is 0 Å². The molecule has 1 aromatic carbocycles. The first-order valence-corrected chi connectivity index (χ1v) is 6.49. The Morgan fingerprint density at radius 1 is 1.00 bits per heavy atom. The third-order valence-electron chi connectivity index (χ3n) is 2.97. The van der Waals surface area contributed by atoms with Gasteiger partial charge in [-0.25, -0.2) is 0 Å². The molecule has 98 valence electrons. The lowest BCUT2D eigenvalue weighted by atomic mass is 10.2. The number of aliphatic imine (C=N–C) groups is 1. The van der Waals surface area contributed by atoms with E-state index in [-0.39, 0.29) is 0 Å². The Balaban J connectivity index is 1.70. The minimum Gasteiger partial charge on any atom is -0.302 e. The zero-order chi connectivity index (χ0) is 13.6. The molecule has 3 rings (SSSR count). The van der Waals surface area contributed by atoms with Gasteiger partial charge in [0.15, 0.2) is 0 Å². The fourth-order valence-corrected chi connectivity index (χ4v) is 1.92. The smallest absolute Gasteiger partial charge is 0.0629 e. The summed E-state index contributed by atoms with van der Waals surface area (Å²) in [4.78, 5) is 4.47. The molecule has 0 radical (unpaired) electrons. The van der Waals surface area contributed by atoms with Crippen LogP contribution in [0.1, 0.15) is 0 Å². The number of allylic oxidation sites excluding steroid dienone is 5. The third-order valence-corrected chi connectivity index (χ3v) is 2.97. The summed E-state index contributed by atoms with van der Waals surface area (Å²) in [7, 11) is 0. The molecule has 0 atom stereocenters. The highest BCUT2D eigenvalue weighted by Crippen LogP contribution is 2.18. The largest absolute Gasteiger partial charge is 0.302 e. The van der Waals surface area contributed by atoms with Crippen molar-refractivity contribution in [3.8, 4) is 0 Å². The van der Waals surface area contributed by atoms with Gasteiger partial charge in [-0.15, -0.1) is 0 Å². The van der Waals surface area contributed by atoms with E-state index in [9.17, 15) is 0 Å². The molecular formula is C17H15N3. The Kier molecular flexibility index (Phi) is 3.60. The first kappa shape index (κ1) is 12.2. The number of nitrogens with one attached hydrogen (secondary N) is 1. The highest BCUT2D eigenvalue weighted by molar-refractivity contribution is 5.89. The monoisotopic (exact) mass is 264 g/mol. The lowest BCUT2D eigenvalue weighted by molar-refractivity contribution is 0.963. The molecule has 0 saturated carbocycles. The molecule has 0 saturated heterocycles. The van der Waals surface area contributed by atoms with Crippen LogP contribution in [0.2, 0.25) is 0 Å². The van der Waals surface area contributed by atoms with Gasteiger partial charge in [-0.2, -0.15) is 0 Å². The zero-order valence-corrected chi connectivity index (χ0v) is 11.0. The second-order valence-electron chi connectivity index (χ2n) is 4.39. The highest BCUT2D eigenvalue weighted by Gasteiger charge is 2.03. The molecule has 20 heavy (non-hydrogen) atoms. The second kappa shape index (κ2) is 5.89. The van der Waals surface area contributed by atoms with Gasteiger partial charge in [0.05, 0.1) is 5.69 Å². The lowest BCUT2D eigenvalue weighted by Crippen LogP contribution is -2.05. The SMILES string of the molecule is C1=C/C(=C\[15NH][15n]2cccc2)C(C=[15N]c2ccccc2)=C1. The molecule has 0 spiro atoms. The van der Waals surface area contributed by atoms with Crippen LogP contribution in [0.5, 0.6) is 0 Å². The van der Waals surface area contributed by atoms with Crippen molar-refractivity contribution in [3.05, 3.63) is 90.4 Å². The van der Waals surface area contributed by atoms with Crippen molar-refractivity contribution in [1.29, 1.82) is 0 Å². The van der Waals surface area contributed by atoms with Gasteiger partial charge in [0.1, 0.15) is 0 Å². The molecule has 1 aliphatic carbocycles. The molecule has 0 unspecified atom stereocenters. The predicted molar refractivity (Wildman–Crippen MR) is 83.7 cm³/mol. The first-order chi connectivity index (χ1) is 9.92. The van der Waals surface area contributed by atoms with Gasteiger partial charge in [0, 0.05) is 36.0 Å². The molecule has 1 aliphatic rings. The molecule has 1 N–H and O–H groups in total. The Labute approximate surface area is 118 Å². The van der Waals surface area contributed by atoms with Gasteiger partial charge < -0.3 is 5.43 Å². The number of nitrogens with zero attached hydrogens (tertiary/aromatic N) is 2. The van der Waals surface area contributed by atoms with E-state index >= 15 is 0 Å². The third kappa shape index (κ3) is 2.95. The summed E-state index contributed by atoms with van der Waals surface area (Å²) in [5.41, 5.74) is 6.35. The Hall–Kier alpha value is -2.81. The van der Waals surface area contributed by atoms with E-state index in [1.807, 2.05) is 78.0 Å². The van der Waals surface area contributed by atoms with Crippen LogP contribution in [0.15, 0.2) is 95.4 Å². The summed E-state index contributed by atoms with van der Waals surface area (Å²) < 4.78 is 1.89. The fraction of sp³-hybridized carbons (Fsp3) is 0. The molecule has 1 aromatic heterocycles. The van der Waals surface area contributed by atoms with Crippen LogP contribution < -0.4 is 5.43 Å². The maximum absolute atomic E-state index is 4.47. The molecule has 0 fully saturated rings. The molecular weight excluding hydrogens is 249 g/mol. The van der Waals surface area contributed by atoms with Crippen molar-refractivity contribution in [2.45, 2.75) is 0 Å². The van der Waals surface area contributed by atoms with Gasteiger partial charge >= 0.3 is 0 Å². The topological polar surface area (TPSA) is 29.3 Å². The van der Waals surface area contributed by atoms with Gasteiger partial charge in [0.25, 0.3) is 0 Å². The second-order valence-corrected chi connectivity index (χ2v) is 4.39. The quantitative estimate of drug-likeness (QED) is 0.660. The predicted octanol–water partition coefficient (Wildman–Crippen LogP) is 3.81. The minimum absolute atomic E-state index is 0.956. The summed E-state index contributed by atoms with van der Waals surface area (Å²) in [5, 5.41) is 0. The van der Waals surface area contributed by atoms with Crippen molar-refractivity contribution in [3.63, 3.8) is 0 Å². The average Bonchev–Trinajstić information content (AvgIpc) is 3.15. The molecule has 1 heterocycles. The summed E-state index contributed by atoms with van der Waals surface area (Å²) in [5.74, 6) is 0. The Morgan fingerprint density at radius 2 is 1.80 bits per heavy atom. The Bertz CT molecular complexity index is 674. The first-order valence-electron chi connectivity index (χ1n) is 6.49. The van der Waals surface area contributed by atoms with Crippen molar-refractivity contribution in [2.24, 2.45) is 4.99 Å². The Morgan fingerprint density at radius 3 is 2.60 bits per heavy atom. The highest BCUT2D eigenvalue weighted by atomic mass is 16.3. The summed E-state index contributed by atoms with van der Waals surface area (Å²) in [6.07, 6.45) is 13.9. The minimum atomic E-state index is 0.956. The van der Waals surface area contributed by atoms with Crippen molar-refractivity contribution >= 4 is 11.9 Å². The van der Waals surface area contributed by atoms with Crippen LogP contribution >= 0.6 is 0 Å². The van der Waals surface area contributed by atoms with E-state index in [0.29, 0.717) is 0 Å². The van der Waals surface area contributed by atoms with Gasteiger partial charge in [-0.05, 0) is 24.3 Å². The van der Waals surface area contributed by atoms with Crippen LogP contribution in [-0.2, 0) is 0 Å². The maximum Gasteiger partial charge on any atom is 0.0629 e. The van der Waals surface area contributed by atoms with E-state index in [1.165, 1.54) is 0 Å². The molecule has 0 aliphatic heterocycles. The number of aromatic nitrogens is 1. The normalized spacial score (nSPS) is 16.0. The number of rotatable bonds is 4. The van der Waals surface area contributed by atoms with E-state index < -0.39 is 0 Å². The zero-order valence-electron chi connectivity index (χ0n) is 11.0. The number of benzene rings is 1. The molecule has 3 heteroatoms. The van der Waals surface area contributed by atoms with Gasteiger partial charge in [-0.3, -0.25) is 9.67 Å². The molecule has 0 bridgehead atoms. The van der Waals surface area contributed by atoms with Gasteiger partial charge in [0.2, 0.25) is 0 Å². The van der Waals surface area contributed by atoms with Crippen molar-refractivity contribution in [1.82, 2.24) is 4.68 Å². The van der Waals surface area contributed by atoms with Crippen molar-refractivity contribution in [2.75, 3.05) is 5.43 Å². The number of para-hydroxylation sites is 1. The standard InChI is InChI=1S/C17H15N3/c1-2-9-17(10-3-1)18-13-15-7-6-8-16(15)14-19-20-11-4-5-12-20/h1-14,19H/b16-14+,18-13?/i18+1,19+1,20+1. The number of hydrogen-bond acceptors (Lipinski definition) is 2. The van der Waals surface area contributed by atoms with E-state index in [0.717, 1.165) is 16.8 Å². The maximum atomic E-state index is 4.47. The van der Waals surface area contributed by atoms with E-state index in [1.54, 1.807) is 0 Å². The summed E-state index contributed by atoms with van der Waals surface area (Å²) >= 11 is 0. The number of hydrogen-bond donors (Lipinski definition) is 1. The lowest BCUT2D eigenvalue weighted by Gasteiger charge is -2.04. The van der Waals surface area contributed by atoms with Crippen LogP contribution in [0.3, 0.4) is 0 Å². The average molecular weight is 264 g/mol. The van der Waals surface area contributed by atoms with Crippen LogP contribution in [-0.4, -0.2) is 10.9 Å². The van der Waals surface area contributed by atoms with Crippen LogP contribution in [0, 0.1) is 0 Å². The summed E-state index contributed by atoms with van der Waals surface area (Å²) in [6.45, 7) is 0. The molecule has 3 nitrogen and oxygen atoms in total. The summed E-state index contributed by atoms with van der Waals surface area (Å²) in [6, 6.07) is 13.9. The fourth-order valence-electron chi connectivity index (χ4n) is 1.92. The van der Waals surface area contributed by atoms with E-state index in [4.69, 9.17) is 0 Å². The van der Waals surface area contributed by atoms with Crippen LogP contribution in [0.4, 0.5) is 5.69 Å². The van der Waals surface area contributed by atoms with Gasteiger partial charge in [-0.1, -0.05) is 36.4 Å². The molecule has 0 amide bonds.